The second-order valence-electron chi connectivity index (χ2n) is 11.4. The molecule has 42 heavy (non-hydrogen) atoms. The van der Waals surface area contributed by atoms with Crippen LogP contribution in [-0.4, -0.2) is 68.5 Å². The summed E-state index contributed by atoms with van der Waals surface area (Å²) in [5.74, 6) is 1.06. The average Bonchev–Trinajstić information content (AvgIpc) is 3.56. The summed E-state index contributed by atoms with van der Waals surface area (Å²) in [6.07, 6.45) is 1.70. The van der Waals surface area contributed by atoms with Crippen LogP contribution in [0.3, 0.4) is 0 Å². The fraction of sp³-hybridized carbons (Fsp3) is 0.500. The minimum absolute atomic E-state index is 0.00450. The Kier molecular flexibility index (Phi) is 8.61. The number of aromatic nitrogens is 3. The lowest BCUT2D eigenvalue weighted by atomic mass is 9.87. The van der Waals surface area contributed by atoms with Crippen LogP contribution in [0.2, 0.25) is 0 Å². The Balaban J connectivity index is 1.43. The first-order chi connectivity index (χ1) is 20.1. The number of fused-ring (bicyclic) bond motifs is 1. The summed E-state index contributed by atoms with van der Waals surface area (Å²) in [4.78, 5) is 43.3. The van der Waals surface area contributed by atoms with Gasteiger partial charge in [0.25, 0.3) is 11.5 Å². The number of pyridine rings is 1. The van der Waals surface area contributed by atoms with Crippen molar-refractivity contribution in [1.82, 2.24) is 19.7 Å². The molecule has 4 heterocycles. The molecule has 0 aliphatic carbocycles. The van der Waals surface area contributed by atoms with E-state index in [0.717, 1.165) is 17.9 Å². The zero-order valence-corrected chi connectivity index (χ0v) is 25.1. The Morgan fingerprint density at radius 2 is 2.17 bits per heavy atom. The third-order valence-corrected chi connectivity index (χ3v) is 8.97. The number of hydrogen-bond acceptors (Lipinski definition) is 9. The number of amides is 1. The van der Waals surface area contributed by atoms with Gasteiger partial charge in [0.15, 0.2) is 11.9 Å². The molecule has 11 nitrogen and oxygen atoms in total. The van der Waals surface area contributed by atoms with E-state index in [1.165, 1.54) is 0 Å². The summed E-state index contributed by atoms with van der Waals surface area (Å²) in [5.41, 5.74) is 1.45. The molecular weight excluding hydrogens is 556 g/mol. The highest BCUT2D eigenvalue weighted by Gasteiger charge is 2.42. The van der Waals surface area contributed by atoms with Crippen LogP contribution in [0.15, 0.2) is 35.3 Å². The number of rotatable bonds is 8. The van der Waals surface area contributed by atoms with Crippen molar-refractivity contribution >= 4 is 46.0 Å². The number of aromatic amines is 1. The van der Waals surface area contributed by atoms with E-state index < -0.39 is 17.6 Å². The zero-order chi connectivity index (χ0) is 30.0. The molecule has 0 saturated carbocycles. The van der Waals surface area contributed by atoms with Crippen LogP contribution >= 0.6 is 11.8 Å². The summed E-state index contributed by atoms with van der Waals surface area (Å²) < 4.78 is 13.0. The molecule has 1 amide bonds. The highest BCUT2D eigenvalue weighted by Crippen LogP contribution is 2.37. The van der Waals surface area contributed by atoms with Gasteiger partial charge >= 0.3 is 5.97 Å². The van der Waals surface area contributed by atoms with E-state index in [0.29, 0.717) is 47.4 Å². The molecule has 2 fully saturated rings. The van der Waals surface area contributed by atoms with E-state index >= 15 is 0 Å². The Morgan fingerprint density at radius 3 is 2.81 bits per heavy atom. The number of hydrogen-bond donors (Lipinski definition) is 2. The van der Waals surface area contributed by atoms with Crippen LogP contribution in [-0.2, 0) is 19.8 Å². The molecule has 3 aromatic rings. The molecule has 12 heteroatoms. The maximum Gasteiger partial charge on any atom is 0.335 e. The van der Waals surface area contributed by atoms with Crippen LogP contribution < -0.4 is 10.9 Å². The molecule has 3 atom stereocenters. The third kappa shape index (κ3) is 5.76. The number of nitrogens with one attached hydrogen (secondary N) is 2. The lowest BCUT2D eigenvalue weighted by Gasteiger charge is -2.38. The summed E-state index contributed by atoms with van der Waals surface area (Å²) >= 11 is 1.76. The van der Waals surface area contributed by atoms with Gasteiger partial charge in [0.1, 0.15) is 5.39 Å². The first-order valence-electron chi connectivity index (χ1n) is 14.2. The first kappa shape index (κ1) is 29.7. The Labute approximate surface area is 248 Å². The molecular formula is C30H36N6O5S. The smallest absolute Gasteiger partial charge is 0.335 e. The van der Waals surface area contributed by atoms with E-state index in [1.54, 1.807) is 40.8 Å². The molecule has 1 aromatic carbocycles. The number of nitrogens with zero attached hydrogens (tertiary/aromatic N) is 4. The molecule has 2 N–H and O–H groups in total. The SMILES string of the molecule is Cc1cc(Nc2nn([C@]3(CC#N)CCC(C(=O)OCC(C)C)OC3)c3cc[nH]c(=O)c23)ccc1C(=O)N1CCSC1C. The minimum atomic E-state index is -0.883. The van der Waals surface area contributed by atoms with Gasteiger partial charge in [-0.1, -0.05) is 13.8 Å². The number of esters is 1. The van der Waals surface area contributed by atoms with Crippen LogP contribution in [0.5, 0.6) is 0 Å². The standard InChI is InChI=1S/C30H36N6O5S/c1-18(2)16-40-29(39)24-7-9-30(10-11-31,17-41-24)36-23-8-12-32-27(37)25(23)26(34-36)33-21-5-6-22(19(3)15-21)28(38)35-13-14-42-20(35)4/h5-6,8,12,15,18,20,24H,7,9-10,13-14,16-17H2,1-4H3,(H,32,37)(H,33,34)/t20?,24?,30-/m0/s1. The fourth-order valence-corrected chi connectivity index (χ4v) is 6.55. The fourth-order valence-electron chi connectivity index (χ4n) is 5.53. The second-order valence-corrected chi connectivity index (χ2v) is 12.8. The van der Waals surface area contributed by atoms with Crippen molar-refractivity contribution in [3.8, 4) is 6.07 Å². The molecule has 5 rings (SSSR count). The predicted octanol–water partition coefficient (Wildman–Crippen LogP) is 4.30. The van der Waals surface area contributed by atoms with Gasteiger partial charge in [-0.25, -0.2) is 4.79 Å². The van der Waals surface area contributed by atoms with Crippen molar-refractivity contribution < 1.29 is 19.1 Å². The van der Waals surface area contributed by atoms with Crippen molar-refractivity contribution in [3.05, 3.63) is 51.9 Å². The maximum atomic E-state index is 13.1. The number of thioether (sulfide) groups is 1. The van der Waals surface area contributed by atoms with Crippen molar-refractivity contribution in [2.75, 3.05) is 30.8 Å². The zero-order valence-electron chi connectivity index (χ0n) is 24.3. The van der Waals surface area contributed by atoms with Gasteiger partial charge in [-0.2, -0.15) is 10.4 Å². The number of anilines is 2. The van der Waals surface area contributed by atoms with Crippen LogP contribution in [0.25, 0.3) is 10.9 Å². The summed E-state index contributed by atoms with van der Waals surface area (Å²) in [5, 5.41) is 18.3. The minimum Gasteiger partial charge on any atom is -0.463 e. The highest BCUT2D eigenvalue weighted by atomic mass is 32.2. The van der Waals surface area contributed by atoms with Gasteiger partial charge in [0, 0.05) is 29.7 Å². The number of benzene rings is 1. The summed E-state index contributed by atoms with van der Waals surface area (Å²) in [7, 11) is 0. The van der Waals surface area contributed by atoms with Gasteiger partial charge in [-0.05, 0) is 62.4 Å². The number of aryl methyl sites for hydroxylation is 1. The lowest BCUT2D eigenvalue weighted by Crippen LogP contribution is -2.47. The van der Waals surface area contributed by atoms with E-state index in [9.17, 15) is 19.6 Å². The normalized spacial score (nSPS) is 22.3. The number of carbonyl (C=O) groups is 2. The van der Waals surface area contributed by atoms with E-state index in [1.807, 2.05) is 38.7 Å². The molecule has 222 valence electrons. The number of ether oxygens (including phenoxy) is 2. The van der Waals surface area contributed by atoms with Crippen molar-refractivity contribution in [3.63, 3.8) is 0 Å². The van der Waals surface area contributed by atoms with E-state index in [-0.39, 0.29) is 35.8 Å². The molecule has 2 aromatic heterocycles. The highest BCUT2D eigenvalue weighted by molar-refractivity contribution is 8.00. The van der Waals surface area contributed by atoms with Gasteiger partial charge in [0.05, 0.1) is 42.1 Å². The Bertz CT molecular complexity index is 1580. The Hall–Kier alpha value is -3.82. The third-order valence-electron chi connectivity index (χ3n) is 7.82. The Morgan fingerprint density at radius 1 is 1.36 bits per heavy atom. The molecule has 2 saturated heterocycles. The van der Waals surface area contributed by atoms with Gasteiger partial charge in [-0.15, -0.1) is 11.8 Å². The quantitative estimate of drug-likeness (QED) is 0.366. The molecule has 2 aliphatic rings. The van der Waals surface area contributed by atoms with Crippen molar-refractivity contribution in [2.45, 2.75) is 64.0 Å². The van der Waals surface area contributed by atoms with Crippen LogP contribution in [0, 0.1) is 24.2 Å². The predicted molar refractivity (Wildman–Crippen MR) is 161 cm³/mol. The van der Waals surface area contributed by atoms with E-state index in [4.69, 9.17) is 14.6 Å². The molecule has 2 unspecified atom stereocenters. The first-order valence-corrected chi connectivity index (χ1v) is 15.2. The summed E-state index contributed by atoms with van der Waals surface area (Å²) in [6.45, 7) is 8.96. The molecule has 0 radical (unpaired) electrons. The van der Waals surface area contributed by atoms with Crippen molar-refractivity contribution in [2.24, 2.45) is 5.92 Å². The van der Waals surface area contributed by atoms with Gasteiger partial charge in [-0.3, -0.25) is 14.3 Å². The molecule has 2 aliphatic heterocycles. The number of carbonyl (C=O) groups excluding carboxylic acids is 2. The number of nitriles is 1. The topological polar surface area (TPSA) is 142 Å². The van der Waals surface area contributed by atoms with E-state index in [2.05, 4.69) is 16.4 Å². The van der Waals surface area contributed by atoms with Gasteiger partial charge < -0.3 is 24.7 Å². The second kappa shape index (κ2) is 12.2. The lowest BCUT2D eigenvalue weighted by molar-refractivity contribution is -0.166. The maximum absolute atomic E-state index is 13.1. The van der Waals surface area contributed by atoms with Crippen LogP contribution in [0.4, 0.5) is 11.5 Å². The summed E-state index contributed by atoms with van der Waals surface area (Å²) in [6, 6.07) is 9.46. The number of H-pyrrole nitrogens is 1. The van der Waals surface area contributed by atoms with Crippen LogP contribution in [0.1, 0.15) is 56.0 Å². The van der Waals surface area contributed by atoms with Crippen molar-refractivity contribution in [1.29, 1.82) is 5.26 Å². The van der Waals surface area contributed by atoms with Gasteiger partial charge in [0.2, 0.25) is 0 Å². The molecule has 0 bridgehead atoms. The average molecular weight is 593 g/mol. The molecule has 0 spiro atoms. The largest absolute Gasteiger partial charge is 0.463 e. The monoisotopic (exact) mass is 592 g/mol.